The molecule has 0 fully saturated rings. The first-order chi connectivity index (χ1) is 10.1. The molecule has 0 heterocycles. The van der Waals surface area contributed by atoms with Gasteiger partial charge in [-0.1, -0.05) is 29.8 Å². The normalized spacial score (nSPS) is 12.0. The van der Waals surface area contributed by atoms with E-state index in [2.05, 4.69) is 12.1 Å². The number of alkyl halides is 1. The molecule has 4 heteroatoms. The van der Waals surface area contributed by atoms with E-state index in [1.54, 1.807) is 14.2 Å². The number of aryl methyl sites for hydroxylation is 1. The summed E-state index contributed by atoms with van der Waals surface area (Å²) in [6.45, 7) is 0. The predicted molar refractivity (Wildman–Crippen MR) is 87.9 cm³/mol. The first-order valence-electron chi connectivity index (χ1n) is 6.74. The van der Waals surface area contributed by atoms with Crippen LogP contribution in [0.2, 0.25) is 5.02 Å². The summed E-state index contributed by atoms with van der Waals surface area (Å²) in [4.78, 5) is 0. The minimum absolute atomic E-state index is 0.0736. The lowest BCUT2D eigenvalue weighted by molar-refractivity contribution is 0.414. The molecule has 112 valence electrons. The molecule has 0 aromatic heterocycles. The monoisotopic (exact) mass is 324 g/mol. The van der Waals surface area contributed by atoms with Crippen molar-refractivity contribution in [3.8, 4) is 11.5 Å². The first-order valence-corrected chi connectivity index (χ1v) is 7.56. The molecule has 2 aromatic rings. The Morgan fingerprint density at radius 2 is 1.71 bits per heavy atom. The second-order valence-electron chi connectivity index (χ2n) is 4.75. The van der Waals surface area contributed by atoms with Crippen LogP contribution in [0.4, 0.5) is 0 Å². The van der Waals surface area contributed by atoms with Gasteiger partial charge in [0.2, 0.25) is 0 Å². The molecule has 0 radical (unpaired) electrons. The number of ether oxygens (including phenoxy) is 2. The fourth-order valence-corrected chi connectivity index (χ4v) is 2.64. The number of hydrogen-bond donors (Lipinski definition) is 0. The van der Waals surface area contributed by atoms with E-state index in [1.165, 1.54) is 5.56 Å². The van der Waals surface area contributed by atoms with Crippen LogP contribution >= 0.6 is 23.2 Å². The van der Waals surface area contributed by atoms with Crippen molar-refractivity contribution in [3.63, 3.8) is 0 Å². The van der Waals surface area contributed by atoms with Crippen molar-refractivity contribution in [3.05, 3.63) is 58.6 Å². The van der Waals surface area contributed by atoms with E-state index in [-0.39, 0.29) is 5.38 Å². The van der Waals surface area contributed by atoms with Gasteiger partial charge < -0.3 is 9.47 Å². The van der Waals surface area contributed by atoms with Crippen LogP contribution in [0, 0.1) is 0 Å². The van der Waals surface area contributed by atoms with E-state index in [0.29, 0.717) is 10.8 Å². The average molecular weight is 325 g/mol. The fourth-order valence-electron chi connectivity index (χ4n) is 2.13. The lowest BCUT2D eigenvalue weighted by Gasteiger charge is -2.12. The van der Waals surface area contributed by atoms with E-state index in [4.69, 9.17) is 32.7 Å². The van der Waals surface area contributed by atoms with Crippen LogP contribution in [0.3, 0.4) is 0 Å². The Bertz CT molecular complexity index is 582. The zero-order valence-corrected chi connectivity index (χ0v) is 13.6. The first kappa shape index (κ1) is 16.0. The summed E-state index contributed by atoms with van der Waals surface area (Å²) in [6, 6.07) is 13.7. The maximum Gasteiger partial charge on any atom is 0.137 e. The van der Waals surface area contributed by atoms with Gasteiger partial charge in [-0.05, 0) is 48.2 Å². The quantitative estimate of drug-likeness (QED) is 0.674. The Balaban J connectivity index is 1.97. The number of hydrogen-bond acceptors (Lipinski definition) is 2. The van der Waals surface area contributed by atoms with Crippen LogP contribution in [0.25, 0.3) is 0 Å². The van der Waals surface area contributed by atoms with Gasteiger partial charge in [0.05, 0.1) is 24.6 Å². The summed E-state index contributed by atoms with van der Waals surface area (Å²) in [6.07, 6.45) is 1.75. The van der Waals surface area contributed by atoms with Crippen LogP contribution in [0.1, 0.15) is 22.9 Å². The highest BCUT2D eigenvalue weighted by Crippen LogP contribution is 2.32. The predicted octanol–water partition coefficient (Wildman–Crippen LogP) is 5.27. The summed E-state index contributed by atoms with van der Waals surface area (Å²) in [5.74, 6) is 1.53. The minimum Gasteiger partial charge on any atom is -0.497 e. The summed E-state index contributed by atoms with van der Waals surface area (Å²) in [7, 11) is 3.26. The fraction of sp³-hybridized carbons (Fsp3) is 0.294. The van der Waals surface area contributed by atoms with Crippen molar-refractivity contribution in [1.29, 1.82) is 0 Å². The van der Waals surface area contributed by atoms with Gasteiger partial charge in [-0.3, -0.25) is 0 Å². The van der Waals surface area contributed by atoms with Crippen molar-refractivity contribution >= 4 is 23.2 Å². The molecular formula is C17H18Cl2O2. The Kier molecular flexibility index (Phi) is 5.77. The molecule has 0 aliphatic rings. The highest BCUT2D eigenvalue weighted by atomic mass is 35.5. The molecule has 0 spiro atoms. The van der Waals surface area contributed by atoms with E-state index >= 15 is 0 Å². The molecule has 0 N–H and O–H groups in total. The van der Waals surface area contributed by atoms with Gasteiger partial charge in [0, 0.05) is 0 Å². The van der Waals surface area contributed by atoms with Crippen LogP contribution in [0.15, 0.2) is 42.5 Å². The molecule has 0 saturated heterocycles. The second kappa shape index (κ2) is 7.58. The van der Waals surface area contributed by atoms with Crippen LogP contribution in [-0.4, -0.2) is 14.2 Å². The van der Waals surface area contributed by atoms with Crippen LogP contribution in [-0.2, 0) is 6.42 Å². The van der Waals surface area contributed by atoms with Gasteiger partial charge >= 0.3 is 0 Å². The van der Waals surface area contributed by atoms with E-state index < -0.39 is 0 Å². The van der Waals surface area contributed by atoms with E-state index in [9.17, 15) is 0 Å². The third kappa shape index (κ3) is 4.29. The molecule has 2 rings (SSSR count). The van der Waals surface area contributed by atoms with Crippen molar-refractivity contribution in [2.75, 3.05) is 14.2 Å². The molecule has 1 atom stereocenters. The Labute approximate surface area is 135 Å². The molecule has 0 amide bonds. The van der Waals surface area contributed by atoms with Crippen molar-refractivity contribution in [1.82, 2.24) is 0 Å². The maximum absolute atomic E-state index is 6.46. The van der Waals surface area contributed by atoms with Crippen LogP contribution < -0.4 is 9.47 Å². The smallest absolute Gasteiger partial charge is 0.137 e. The third-order valence-electron chi connectivity index (χ3n) is 3.38. The zero-order chi connectivity index (χ0) is 15.2. The van der Waals surface area contributed by atoms with Gasteiger partial charge in [-0.15, -0.1) is 11.6 Å². The van der Waals surface area contributed by atoms with Gasteiger partial charge in [0.25, 0.3) is 0 Å². The van der Waals surface area contributed by atoms with Crippen molar-refractivity contribution in [2.45, 2.75) is 18.2 Å². The van der Waals surface area contributed by atoms with E-state index in [1.807, 2.05) is 30.3 Å². The highest BCUT2D eigenvalue weighted by Gasteiger charge is 2.11. The molecule has 2 aromatic carbocycles. The summed E-state index contributed by atoms with van der Waals surface area (Å²) < 4.78 is 10.3. The van der Waals surface area contributed by atoms with Gasteiger partial charge in [0.15, 0.2) is 0 Å². The summed E-state index contributed by atoms with van der Waals surface area (Å²) >= 11 is 12.6. The third-order valence-corrected chi connectivity index (χ3v) is 4.15. The highest BCUT2D eigenvalue weighted by molar-refractivity contribution is 6.32. The van der Waals surface area contributed by atoms with Gasteiger partial charge in [-0.2, -0.15) is 0 Å². The molecule has 2 nitrogen and oxygen atoms in total. The molecular weight excluding hydrogens is 307 g/mol. The zero-order valence-electron chi connectivity index (χ0n) is 12.1. The minimum atomic E-state index is -0.0736. The van der Waals surface area contributed by atoms with Gasteiger partial charge in [-0.25, -0.2) is 0 Å². The van der Waals surface area contributed by atoms with Gasteiger partial charge in [0.1, 0.15) is 11.5 Å². The summed E-state index contributed by atoms with van der Waals surface area (Å²) in [5.41, 5.74) is 2.25. The SMILES string of the molecule is COc1ccc(CCC(Cl)c2ccc(OC)c(Cl)c2)cc1. The second-order valence-corrected chi connectivity index (χ2v) is 5.68. The van der Waals surface area contributed by atoms with Crippen molar-refractivity contribution in [2.24, 2.45) is 0 Å². The maximum atomic E-state index is 6.46. The van der Waals surface area contributed by atoms with E-state index in [0.717, 1.165) is 24.2 Å². The number of rotatable bonds is 6. The molecule has 21 heavy (non-hydrogen) atoms. The molecule has 1 unspecified atom stereocenters. The standard InChI is InChI=1S/C17H18Cl2O2/c1-20-14-7-3-12(4-8-14)5-9-15(18)13-6-10-17(21-2)16(19)11-13/h3-4,6-8,10-11,15H,5,9H2,1-2H3. The van der Waals surface area contributed by atoms with Crippen molar-refractivity contribution < 1.29 is 9.47 Å². The lowest BCUT2D eigenvalue weighted by atomic mass is 10.0. The average Bonchev–Trinajstić information content (AvgIpc) is 2.53. The van der Waals surface area contributed by atoms with Crippen LogP contribution in [0.5, 0.6) is 11.5 Å². The molecule has 0 bridgehead atoms. The number of benzene rings is 2. The Morgan fingerprint density at radius 3 is 2.29 bits per heavy atom. The Morgan fingerprint density at radius 1 is 1.00 bits per heavy atom. The molecule has 0 saturated carbocycles. The molecule has 0 aliphatic heterocycles. The number of halogens is 2. The topological polar surface area (TPSA) is 18.5 Å². The lowest BCUT2D eigenvalue weighted by Crippen LogP contribution is -1.95. The largest absolute Gasteiger partial charge is 0.497 e. The summed E-state index contributed by atoms with van der Waals surface area (Å²) in [5, 5.41) is 0.514. The molecule has 0 aliphatic carbocycles. The number of methoxy groups -OCH3 is 2. The Hall–Kier alpha value is -1.38.